The molecule has 0 radical (unpaired) electrons. The van der Waals surface area contributed by atoms with E-state index in [1.807, 2.05) is 0 Å². The molecular weight excluding hydrogens is 322 g/mol. The highest BCUT2D eigenvalue weighted by atomic mass is 16.5. The first kappa shape index (κ1) is 18.0. The molecule has 3 N–H and O–H groups in total. The number of benzene rings is 2. The van der Waals surface area contributed by atoms with Gasteiger partial charge in [-0.2, -0.15) is 5.10 Å². The molecule has 2 rings (SSSR count). The molecule has 0 unspecified atom stereocenters. The van der Waals surface area contributed by atoms with Gasteiger partial charge in [0.05, 0.1) is 13.3 Å². The number of methoxy groups -OCH3 is 1. The molecule has 0 aliphatic heterocycles. The van der Waals surface area contributed by atoms with Gasteiger partial charge in [0.2, 0.25) is 5.91 Å². The number of phenols is 1. The number of hydrazone groups is 1. The second-order valence-electron chi connectivity index (χ2n) is 5.11. The first-order chi connectivity index (χ1) is 12.0. The third kappa shape index (κ3) is 5.07. The molecule has 7 nitrogen and oxygen atoms in total. The summed E-state index contributed by atoms with van der Waals surface area (Å²) in [4.78, 5) is 23.3. The molecule has 130 valence electrons. The van der Waals surface area contributed by atoms with E-state index in [-0.39, 0.29) is 17.6 Å². The quantitative estimate of drug-likeness (QED) is 0.555. The minimum atomic E-state index is -0.387. The predicted molar refractivity (Wildman–Crippen MR) is 95.1 cm³/mol. The smallest absolute Gasteiger partial charge is 0.271 e. The van der Waals surface area contributed by atoms with Crippen molar-refractivity contribution in [2.45, 2.75) is 13.3 Å². The maximum Gasteiger partial charge on any atom is 0.271 e. The van der Waals surface area contributed by atoms with Crippen molar-refractivity contribution in [3.05, 3.63) is 53.6 Å². The average Bonchev–Trinajstić information content (AvgIpc) is 2.62. The molecule has 0 aromatic heterocycles. The molecule has 0 saturated heterocycles. The molecule has 2 amide bonds. The third-order valence-electron chi connectivity index (χ3n) is 3.33. The Kier molecular flexibility index (Phi) is 6.11. The number of hydrogen-bond acceptors (Lipinski definition) is 5. The third-order valence-corrected chi connectivity index (χ3v) is 3.33. The van der Waals surface area contributed by atoms with E-state index < -0.39 is 0 Å². The lowest BCUT2D eigenvalue weighted by atomic mass is 10.2. The summed E-state index contributed by atoms with van der Waals surface area (Å²) in [7, 11) is 1.46. The number of phenolic OH excluding ortho intramolecular Hbond substituents is 1. The standard InChI is InChI=1S/C18H19N3O4/c1-3-17(23)20-14-7-5-13(6-8-14)18(24)21-19-11-12-4-9-16(25-2)15(22)10-12/h4-11,22H,3H2,1-2H3,(H,20,23)(H,21,24). The van der Waals surface area contributed by atoms with Crippen LogP contribution >= 0.6 is 0 Å². The number of anilines is 1. The zero-order valence-corrected chi connectivity index (χ0v) is 13.9. The predicted octanol–water partition coefficient (Wildman–Crippen LogP) is 2.51. The summed E-state index contributed by atoms with van der Waals surface area (Å²) in [5, 5.41) is 16.2. The summed E-state index contributed by atoms with van der Waals surface area (Å²) in [6.07, 6.45) is 1.80. The van der Waals surface area contributed by atoms with E-state index in [1.54, 1.807) is 43.3 Å². The number of amides is 2. The topological polar surface area (TPSA) is 100 Å². The number of rotatable bonds is 6. The Bertz CT molecular complexity index is 785. The molecule has 25 heavy (non-hydrogen) atoms. The Labute approximate surface area is 145 Å². The SMILES string of the molecule is CCC(=O)Nc1ccc(C(=O)NN=Cc2ccc(OC)c(O)c2)cc1. The monoisotopic (exact) mass is 341 g/mol. The minimum Gasteiger partial charge on any atom is -0.504 e. The summed E-state index contributed by atoms with van der Waals surface area (Å²) < 4.78 is 4.95. The van der Waals surface area contributed by atoms with E-state index in [4.69, 9.17) is 4.74 Å². The first-order valence-corrected chi connectivity index (χ1v) is 7.63. The number of aromatic hydroxyl groups is 1. The molecule has 0 heterocycles. The Morgan fingerprint density at radius 2 is 1.92 bits per heavy atom. The number of nitrogens with zero attached hydrogens (tertiary/aromatic N) is 1. The highest BCUT2D eigenvalue weighted by Crippen LogP contribution is 2.25. The van der Waals surface area contributed by atoms with Crippen LogP contribution in [-0.2, 0) is 4.79 Å². The number of ether oxygens (including phenoxy) is 1. The van der Waals surface area contributed by atoms with E-state index >= 15 is 0 Å². The van der Waals surface area contributed by atoms with Crippen LogP contribution in [0.15, 0.2) is 47.6 Å². The molecule has 0 atom stereocenters. The van der Waals surface area contributed by atoms with Crippen molar-refractivity contribution in [2.75, 3.05) is 12.4 Å². The lowest BCUT2D eigenvalue weighted by molar-refractivity contribution is -0.115. The fourth-order valence-electron chi connectivity index (χ4n) is 1.97. The van der Waals surface area contributed by atoms with Gasteiger partial charge in [0.1, 0.15) is 0 Å². The van der Waals surface area contributed by atoms with Crippen LogP contribution in [0.1, 0.15) is 29.3 Å². The Hall–Kier alpha value is -3.35. The van der Waals surface area contributed by atoms with Gasteiger partial charge in [0.25, 0.3) is 5.91 Å². The first-order valence-electron chi connectivity index (χ1n) is 7.63. The fourth-order valence-corrected chi connectivity index (χ4v) is 1.97. The molecule has 0 aliphatic rings. The molecular formula is C18H19N3O4. The van der Waals surface area contributed by atoms with Crippen LogP contribution in [-0.4, -0.2) is 30.2 Å². The van der Waals surface area contributed by atoms with Crippen LogP contribution in [0.4, 0.5) is 5.69 Å². The van der Waals surface area contributed by atoms with E-state index in [2.05, 4.69) is 15.8 Å². The average molecular weight is 341 g/mol. The van der Waals surface area contributed by atoms with Crippen LogP contribution in [0.25, 0.3) is 0 Å². The van der Waals surface area contributed by atoms with E-state index in [9.17, 15) is 14.7 Å². The van der Waals surface area contributed by atoms with Crippen molar-refractivity contribution in [3.63, 3.8) is 0 Å². The van der Waals surface area contributed by atoms with Gasteiger partial charge in [-0.15, -0.1) is 0 Å². The van der Waals surface area contributed by atoms with Gasteiger partial charge in [-0.05, 0) is 48.0 Å². The van der Waals surface area contributed by atoms with Crippen molar-refractivity contribution >= 4 is 23.7 Å². The van der Waals surface area contributed by atoms with Crippen LogP contribution < -0.4 is 15.5 Å². The van der Waals surface area contributed by atoms with Crippen molar-refractivity contribution in [2.24, 2.45) is 5.10 Å². The Morgan fingerprint density at radius 1 is 1.20 bits per heavy atom. The van der Waals surface area contributed by atoms with E-state index in [1.165, 1.54) is 19.4 Å². The van der Waals surface area contributed by atoms with Crippen LogP contribution in [0, 0.1) is 0 Å². The highest BCUT2D eigenvalue weighted by Gasteiger charge is 2.05. The number of carbonyl (C=O) groups is 2. The number of nitrogens with one attached hydrogen (secondary N) is 2. The fraction of sp³-hybridized carbons (Fsp3) is 0.167. The summed E-state index contributed by atoms with van der Waals surface area (Å²) in [6.45, 7) is 1.76. The summed E-state index contributed by atoms with van der Waals surface area (Å²) in [5.41, 5.74) is 4.04. The lowest BCUT2D eigenvalue weighted by Gasteiger charge is -2.05. The number of carbonyl (C=O) groups excluding carboxylic acids is 2. The van der Waals surface area contributed by atoms with Crippen LogP contribution in [0.5, 0.6) is 11.5 Å². The Morgan fingerprint density at radius 3 is 2.52 bits per heavy atom. The summed E-state index contributed by atoms with van der Waals surface area (Å²) >= 11 is 0. The van der Waals surface area contributed by atoms with Gasteiger partial charge in [-0.3, -0.25) is 9.59 Å². The van der Waals surface area contributed by atoms with Crippen LogP contribution in [0.3, 0.4) is 0 Å². The molecule has 2 aromatic rings. The maximum atomic E-state index is 12.0. The minimum absolute atomic E-state index is 0.0116. The zero-order valence-electron chi connectivity index (χ0n) is 13.9. The van der Waals surface area contributed by atoms with Crippen molar-refractivity contribution < 1.29 is 19.4 Å². The van der Waals surface area contributed by atoms with Crippen molar-refractivity contribution in [1.29, 1.82) is 0 Å². The van der Waals surface area contributed by atoms with E-state index in [0.29, 0.717) is 29.0 Å². The van der Waals surface area contributed by atoms with E-state index in [0.717, 1.165) is 0 Å². The van der Waals surface area contributed by atoms with Gasteiger partial charge < -0.3 is 15.2 Å². The van der Waals surface area contributed by atoms with Gasteiger partial charge in [0, 0.05) is 17.7 Å². The molecule has 0 saturated carbocycles. The summed E-state index contributed by atoms with van der Waals surface area (Å²) in [6, 6.07) is 11.2. The molecule has 0 fully saturated rings. The number of hydrogen-bond donors (Lipinski definition) is 3. The van der Waals surface area contributed by atoms with Crippen LogP contribution in [0.2, 0.25) is 0 Å². The largest absolute Gasteiger partial charge is 0.504 e. The summed E-state index contributed by atoms with van der Waals surface area (Å²) in [5.74, 6) is -0.133. The zero-order chi connectivity index (χ0) is 18.2. The second-order valence-corrected chi connectivity index (χ2v) is 5.11. The molecule has 0 aliphatic carbocycles. The maximum absolute atomic E-state index is 12.0. The Balaban J connectivity index is 1.95. The van der Waals surface area contributed by atoms with Gasteiger partial charge in [-0.25, -0.2) is 5.43 Å². The van der Waals surface area contributed by atoms with Gasteiger partial charge >= 0.3 is 0 Å². The molecule has 0 bridgehead atoms. The van der Waals surface area contributed by atoms with Gasteiger partial charge in [-0.1, -0.05) is 6.92 Å². The lowest BCUT2D eigenvalue weighted by Crippen LogP contribution is -2.17. The second kappa shape index (κ2) is 8.49. The highest BCUT2D eigenvalue weighted by molar-refractivity contribution is 5.96. The van der Waals surface area contributed by atoms with Gasteiger partial charge in [0.15, 0.2) is 11.5 Å². The molecule has 7 heteroatoms. The van der Waals surface area contributed by atoms with Crippen molar-refractivity contribution in [3.8, 4) is 11.5 Å². The molecule has 0 spiro atoms. The molecule has 2 aromatic carbocycles. The van der Waals surface area contributed by atoms with Crippen molar-refractivity contribution in [1.82, 2.24) is 5.43 Å². The normalized spacial score (nSPS) is 10.5.